The first-order chi connectivity index (χ1) is 21.2. The monoisotopic (exact) mass is 786 g/mol. The first-order valence-corrected chi connectivity index (χ1v) is 32.3. The summed E-state index contributed by atoms with van der Waals surface area (Å²) in [7, 11) is 0. The van der Waals surface area contributed by atoms with Gasteiger partial charge in [-0.15, -0.1) is 0 Å². The van der Waals surface area contributed by atoms with Crippen molar-refractivity contribution in [1.29, 1.82) is 0 Å². The first-order valence-electron chi connectivity index (χ1n) is 18.4. The summed E-state index contributed by atoms with van der Waals surface area (Å²) in [6, 6.07) is 0. The Morgan fingerprint density at radius 2 is 0.395 bits per heavy atom. The molecular weight excluding hydrogens is 729 g/mol. The third kappa shape index (κ3) is 6.14. The molecule has 8 N–H and O–H groups in total. The summed E-state index contributed by atoms with van der Waals surface area (Å²) in [6.07, 6.45) is 25.6. The Morgan fingerprint density at radius 3 is 0.512 bits per heavy atom. The minimum atomic E-state index is -0.250. The molecule has 8 nitrogen and oxygen atoms in total. The number of fused-ring (bicyclic) bond motifs is 20. The molecule has 8 unspecified atom stereocenters. The topological polar surface area (TPSA) is 96.2 Å². The van der Waals surface area contributed by atoms with E-state index in [1.54, 1.807) is 0 Å². The normalized spacial score (nSPS) is 54.0. The Kier molecular flexibility index (Phi) is 10.2. The Morgan fingerprint density at radius 1 is 0.279 bits per heavy atom. The quantitative estimate of drug-likeness (QED) is 0.178. The van der Waals surface area contributed by atoms with E-state index in [0.717, 1.165) is 47.3 Å². The molecule has 11 heteroatoms. The molecule has 0 amide bonds. The molecule has 43 heavy (non-hydrogen) atoms. The van der Waals surface area contributed by atoms with E-state index in [-0.39, 0.29) is 11.7 Å². The van der Waals surface area contributed by atoms with E-state index >= 15 is 0 Å². The molecular formula is C32H58Br2GeN8. The van der Waals surface area contributed by atoms with Crippen molar-refractivity contribution in [3.05, 3.63) is 0 Å². The van der Waals surface area contributed by atoms with Gasteiger partial charge >= 0.3 is 39.8 Å². The van der Waals surface area contributed by atoms with E-state index in [0.29, 0.717) is 49.3 Å². The average molecular weight is 787 g/mol. The van der Waals surface area contributed by atoms with Gasteiger partial charge in [-0.25, -0.2) is 0 Å². The fourth-order valence-electron chi connectivity index (χ4n) is 12.0. The maximum absolute atomic E-state index is 4.26. The molecule has 9 fully saturated rings. The minimum absolute atomic E-state index is 0.250. The van der Waals surface area contributed by atoms with Crippen LogP contribution in [-0.2, 0) is 0 Å². The van der Waals surface area contributed by atoms with Crippen LogP contribution < -0.4 is 42.5 Å². The maximum atomic E-state index is 4.26. The molecule has 5 saturated heterocycles. The van der Waals surface area contributed by atoms with Gasteiger partial charge in [0.1, 0.15) is 0 Å². The standard InChI is InChI=1S/C32H56N8.Br2GeH2/c1-2-10-18-17(9-1)25-33-26(18)38-28-21-13-5-6-14-22(21)30(35-28)40-32-24-16-8-7-15-23(24)31(36-32)39-29-20-12-4-3-11-19(20)27(34-29)37-25;1-3-2/h17-40H,1-16H2;3H2. The molecule has 0 aromatic carbocycles. The third-order valence-electron chi connectivity index (χ3n) is 13.8. The summed E-state index contributed by atoms with van der Waals surface area (Å²) >= 11 is 6.25. The Labute approximate surface area is 280 Å². The van der Waals surface area contributed by atoms with Gasteiger partial charge in [-0.2, -0.15) is 0 Å². The van der Waals surface area contributed by atoms with Gasteiger partial charge in [0, 0.05) is 0 Å². The van der Waals surface area contributed by atoms with E-state index in [2.05, 4.69) is 70.5 Å². The van der Waals surface area contributed by atoms with Crippen LogP contribution in [0.5, 0.6) is 0 Å². The van der Waals surface area contributed by atoms with Gasteiger partial charge in [0.2, 0.25) is 0 Å². The van der Waals surface area contributed by atoms with Crippen LogP contribution >= 0.6 is 28.0 Å². The predicted octanol–water partition coefficient (Wildman–Crippen LogP) is 3.38. The van der Waals surface area contributed by atoms with Crippen LogP contribution in [0.2, 0.25) is 0 Å². The summed E-state index contributed by atoms with van der Waals surface area (Å²) in [6.45, 7) is 0. The summed E-state index contributed by atoms with van der Waals surface area (Å²) in [5, 5.41) is 33.8. The van der Waals surface area contributed by atoms with Crippen molar-refractivity contribution in [2.75, 3.05) is 0 Å². The fraction of sp³-hybridized carbons (Fsp3) is 1.00. The zero-order chi connectivity index (χ0) is 28.9. The summed E-state index contributed by atoms with van der Waals surface area (Å²) in [5.74, 6) is 5.97. The van der Waals surface area contributed by atoms with E-state index in [9.17, 15) is 0 Å². The molecule has 244 valence electrons. The zero-order valence-electron chi connectivity index (χ0n) is 26.0. The predicted molar refractivity (Wildman–Crippen MR) is 184 cm³/mol. The van der Waals surface area contributed by atoms with Gasteiger partial charge < -0.3 is 0 Å². The SMILES string of the molecule is C1CCC2C3NC(NC4NC(NC5NC(NC6NC(N3)C3CCCCC63)C3CCCCC53)C3CCCCC43)C2C1.[Br][GeH2][Br]. The molecule has 9 rings (SSSR count). The van der Waals surface area contributed by atoms with Gasteiger partial charge in [-0.05, 0) is 98.7 Å². The molecule has 0 spiro atoms. The summed E-state index contributed by atoms with van der Waals surface area (Å²) in [4.78, 5) is 0. The van der Waals surface area contributed by atoms with Gasteiger partial charge in [0.25, 0.3) is 0 Å². The van der Waals surface area contributed by atoms with Crippen LogP contribution in [0.25, 0.3) is 0 Å². The number of hydrogen-bond donors (Lipinski definition) is 8. The van der Waals surface area contributed by atoms with Crippen molar-refractivity contribution in [3.63, 3.8) is 0 Å². The second kappa shape index (κ2) is 14.0. The van der Waals surface area contributed by atoms with Crippen molar-refractivity contribution in [1.82, 2.24) is 42.5 Å². The van der Waals surface area contributed by atoms with Gasteiger partial charge in [0.15, 0.2) is 0 Å². The Hall–Kier alpha value is 1.18. The average Bonchev–Trinajstić information content (AvgIpc) is 3.77. The molecule has 5 aliphatic heterocycles. The third-order valence-corrected chi connectivity index (χ3v) is 13.8. The van der Waals surface area contributed by atoms with Crippen LogP contribution in [0.15, 0.2) is 0 Å². The Bertz CT molecular complexity index is 743. The number of halogens is 2. The van der Waals surface area contributed by atoms with Gasteiger partial charge in [0.05, 0.1) is 49.3 Å². The van der Waals surface area contributed by atoms with Gasteiger partial charge in [-0.3, -0.25) is 42.5 Å². The van der Waals surface area contributed by atoms with Crippen LogP contribution in [0.3, 0.4) is 0 Å². The molecule has 0 aromatic rings. The van der Waals surface area contributed by atoms with E-state index in [1.807, 2.05) is 0 Å². The molecule has 4 aliphatic carbocycles. The number of nitrogens with one attached hydrogen (secondary N) is 8. The van der Waals surface area contributed by atoms with Crippen LogP contribution in [0.4, 0.5) is 0 Å². The molecule has 4 saturated carbocycles. The van der Waals surface area contributed by atoms with Crippen molar-refractivity contribution in [3.8, 4) is 0 Å². The zero-order valence-corrected chi connectivity index (χ0v) is 32.2. The van der Waals surface area contributed by atoms with Crippen molar-refractivity contribution in [2.24, 2.45) is 47.3 Å². The molecule has 8 bridgehead atoms. The van der Waals surface area contributed by atoms with Crippen molar-refractivity contribution in [2.45, 2.75) is 152 Å². The fourth-order valence-corrected chi connectivity index (χ4v) is 12.0. The van der Waals surface area contributed by atoms with Crippen LogP contribution in [-0.4, -0.2) is 61.1 Å². The van der Waals surface area contributed by atoms with E-state index in [1.165, 1.54) is 103 Å². The first kappa shape index (κ1) is 31.5. The van der Waals surface area contributed by atoms with E-state index in [4.69, 9.17) is 0 Å². The van der Waals surface area contributed by atoms with E-state index < -0.39 is 0 Å². The van der Waals surface area contributed by atoms with Crippen LogP contribution in [0, 0.1) is 47.3 Å². The molecule has 0 aromatic heterocycles. The second-order valence-electron chi connectivity index (χ2n) is 15.7. The number of hydrogen-bond acceptors (Lipinski definition) is 8. The van der Waals surface area contributed by atoms with Crippen LogP contribution in [0.1, 0.15) is 103 Å². The van der Waals surface area contributed by atoms with Crippen molar-refractivity contribution >= 4 is 39.8 Å². The number of rotatable bonds is 0. The Balaban J connectivity index is 0.000000892. The van der Waals surface area contributed by atoms with Gasteiger partial charge in [-0.1, -0.05) is 51.4 Å². The summed E-state index contributed by atoms with van der Waals surface area (Å²) in [5.41, 5.74) is 0. The molecule has 0 radical (unpaired) electrons. The van der Waals surface area contributed by atoms with Crippen molar-refractivity contribution < 1.29 is 0 Å². The second-order valence-corrected chi connectivity index (χ2v) is 29.8. The summed E-state index contributed by atoms with van der Waals surface area (Å²) < 4.78 is 0. The molecule has 5 heterocycles. The molecule has 8 atom stereocenters. The molecule has 9 aliphatic rings.